The van der Waals surface area contributed by atoms with Gasteiger partial charge < -0.3 is 10.3 Å². The topological polar surface area (TPSA) is 27.8 Å². The lowest BCUT2D eigenvalue weighted by atomic mass is 10.0. The Hall–Kier alpha value is -0.830. The number of H-pyrrole nitrogens is 1. The monoisotopic (exact) mass is 168 g/mol. The molecular formula is C9H13FN2. The minimum Gasteiger partial charge on any atom is -0.361 e. The minimum absolute atomic E-state index is 0.116. The van der Waals surface area contributed by atoms with Crippen molar-refractivity contribution in [2.24, 2.45) is 0 Å². The standard InChI is InChI=1S/C9H13FN2/c10-7-4-6-12-9(7)8-3-1-2-5-11-8/h4,6,8,11-12H,1-3,5H2. The summed E-state index contributed by atoms with van der Waals surface area (Å²) in [5.74, 6) is -0.116. The third-order valence-corrected chi connectivity index (χ3v) is 2.38. The molecule has 0 radical (unpaired) electrons. The van der Waals surface area contributed by atoms with Crippen molar-refractivity contribution in [1.82, 2.24) is 10.3 Å². The van der Waals surface area contributed by atoms with Crippen LogP contribution in [-0.4, -0.2) is 11.5 Å². The maximum Gasteiger partial charge on any atom is 0.145 e. The fourth-order valence-corrected chi connectivity index (χ4v) is 1.73. The molecule has 0 spiro atoms. The lowest BCUT2D eigenvalue weighted by Crippen LogP contribution is -2.27. The molecule has 0 aliphatic carbocycles. The van der Waals surface area contributed by atoms with Crippen molar-refractivity contribution in [3.05, 3.63) is 23.8 Å². The molecule has 2 nitrogen and oxygen atoms in total. The third-order valence-electron chi connectivity index (χ3n) is 2.38. The largest absolute Gasteiger partial charge is 0.361 e. The highest BCUT2D eigenvalue weighted by atomic mass is 19.1. The highest BCUT2D eigenvalue weighted by Crippen LogP contribution is 2.23. The van der Waals surface area contributed by atoms with Crippen LogP contribution in [0.3, 0.4) is 0 Å². The third kappa shape index (κ3) is 1.37. The molecule has 1 atom stereocenters. The van der Waals surface area contributed by atoms with Gasteiger partial charge in [0, 0.05) is 6.20 Å². The van der Waals surface area contributed by atoms with Crippen LogP contribution in [-0.2, 0) is 0 Å². The average molecular weight is 168 g/mol. The fraction of sp³-hybridized carbons (Fsp3) is 0.556. The lowest BCUT2D eigenvalue weighted by Gasteiger charge is -2.22. The summed E-state index contributed by atoms with van der Waals surface area (Å²) in [4.78, 5) is 2.94. The van der Waals surface area contributed by atoms with E-state index in [0.29, 0.717) is 0 Å². The highest BCUT2D eigenvalue weighted by molar-refractivity contribution is 5.12. The van der Waals surface area contributed by atoms with E-state index in [1.165, 1.54) is 18.9 Å². The quantitative estimate of drug-likeness (QED) is 0.659. The Bertz CT molecular complexity index is 251. The van der Waals surface area contributed by atoms with E-state index in [-0.39, 0.29) is 11.9 Å². The van der Waals surface area contributed by atoms with Crippen molar-refractivity contribution in [3.8, 4) is 0 Å². The summed E-state index contributed by atoms with van der Waals surface area (Å²) in [6.45, 7) is 1.00. The molecule has 12 heavy (non-hydrogen) atoms. The van der Waals surface area contributed by atoms with Crippen LogP contribution in [0, 0.1) is 5.82 Å². The second kappa shape index (κ2) is 3.27. The van der Waals surface area contributed by atoms with E-state index in [2.05, 4.69) is 10.3 Å². The van der Waals surface area contributed by atoms with Gasteiger partial charge >= 0.3 is 0 Å². The number of hydrogen-bond donors (Lipinski definition) is 2. The maximum absolute atomic E-state index is 13.1. The van der Waals surface area contributed by atoms with Crippen molar-refractivity contribution in [3.63, 3.8) is 0 Å². The van der Waals surface area contributed by atoms with Crippen molar-refractivity contribution in [2.75, 3.05) is 6.54 Å². The fourth-order valence-electron chi connectivity index (χ4n) is 1.73. The summed E-state index contributed by atoms with van der Waals surface area (Å²) in [5.41, 5.74) is 0.717. The molecule has 1 aromatic rings. The SMILES string of the molecule is Fc1cc[nH]c1C1CCCCN1. The van der Waals surface area contributed by atoms with Crippen LogP contribution in [0.2, 0.25) is 0 Å². The number of rotatable bonds is 1. The van der Waals surface area contributed by atoms with Gasteiger partial charge in [-0.05, 0) is 25.5 Å². The average Bonchev–Trinajstić information content (AvgIpc) is 2.53. The maximum atomic E-state index is 13.1. The van der Waals surface area contributed by atoms with Crippen molar-refractivity contribution in [1.29, 1.82) is 0 Å². The van der Waals surface area contributed by atoms with Crippen molar-refractivity contribution in [2.45, 2.75) is 25.3 Å². The summed E-state index contributed by atoms with van der Waals surface area (Å²) in [7, 11) is 0. The molecule has 3 heteroatoms. The van der Waals surface area contributed by atoms with Crippen molar-refractivity contribution >= 4 is 0 Å². The smallest absolute Gasteiger partial charge is 0.145 e. The Balaban J connectivity index is 2.13. The molecule has 1 aliphatic heterocycles. The molecule has 0 saturated carbocycles. The molecule has 1 fully saturated rings. The van der Waals surface area contributed by atoms with E-state index < -0.39 is 0 Å². The molecule has 1 aliphatic rings. The summed E-state index contributed by atoms with van der Waals surface area (Å²) < 4.78 is 13.1. The Morgan fingerprint density at radius 2 is 2.33 bits per heavy atom. The first-order chi connectivity index (χ1) is 5.88. The molecule has 2 N–H and O–H groups in total. The van der Waals surface area contributed by atoms with Crippen LogP contribution in [0.4, 0.5) is 4.39 Å². The van der Waals surface area contributed by atoms with Gasteiger partial charge in [0.15, 0.2) is 0 Å². The van der Waals surface area contributed by atoms with Gasteiger partial charge in [0.1, 0.15) is 5.82 Å². The number of aromatic amines is 1. The molecule has 2 heterocycles. The lowest BCUT2D eigenvalue weighted by molar-refractivity contribution is 0.394. The zero-order valence-corrected chi connectivity index (χ0v) is 6.94. The van der Waals surface area contributed by atoms with Crippen molar-refractivity contribution < 1.29 is 4.39 Å². The second-order valence-electron chi connectivity index (χ2n) is 3.24. The molecule has 1 saturated heterocycles. The van der Waals surface area contributed by atoms with Gasteiger partial charge in [0.2, 0.25) is 0 Å². The van der Waals surface area contributed by atoms with Crippen LogP contribution in [0.25, 0.3) is 0 Å². The van der Waals surface area contributed by atoms with Crippen LogP contribution in [0.5, 0.6) is 0 Å². The van der Waals surface area contributed by atoms with Gasteiger partial charge in [-0.15, -0.1) is 0 Å². The minimum atomic E-state index is -0.116. The summed E-state index contributed by atoms with van der Waals surface area (Å²) in [6.07, 6.45) is 5.09. The first kappa shape index (κ1) is 7.80. The summed E-state index contributed by atoms with van der Waals surface area (Å²) in [5, 5.41) is 3.29. The molecular weight excluding hydrogens is 155 g/mol. The van der Waals surface area contributed by atoms with Gasteiger partial charge in [-0.2, -0.15) is 0 Å². The van der Waals surface area contributed by atoms with E-state index in [4.69, 9.17) is 0 Å². The van der Waals surface area contributed by atoms with E-state index in [1.807, 2.05) is 0 Å². The molecule has 2 rings (SSSR count). The van der Waals surface area contributed by atoms with Gasteiger partial charge in [-0.3, -0.25) is 0 Å². The Kier molecular flexibility index (Phi) is 2.13. The zero-order valence-electron chi connectivity index (χ0n) is 6.94. The van der Waals surface area contributed by atoms with Crippen LogP contribution in [0.15, 0.2) is 12.3 Å². The van der Waals surface area contributed by atoms with Gasteiger partial charge in [-0.1, -0.05) is 6.42 Å². The molecule has 0 amide bonds. The number of halogens is 1. The Morgan fingerprint density at radius 3 is 2.92 bits per heavy atom. The first-order valence-electron chi connectivity index (χ1n) is 4.44. The normalized spacial score (nSPS) is 24.2. The van der Waals surface area contributed by atoms with Crippen LogP contribution >= 0.6 is 0 Å². The zero-order chi connectivity index (χ0) is 8.39. The Labute approximate surface area is 71.2 Å². The molecule has 1 aromatic heterocycles. The van der Waals surface area contributed by atoms with Gasteiger partial charge in [-0.25, -0.2) is 4.39 Å². The van der Waals surface area contributed by atoms with E-state index in [1.54, 1.807) is 6.20 Å². The summed E-state index contributed by atoms with van der Waals surface area (Å²) in [6, 6.07) is 1.68. The first-order valence-corrected chi connectivity index (χ1v) is 4.44. The Morgan fingerprint density at radius 1 is 1.42 bits per heavy atom. The molecule has 0 bridgehead atoms. The summed E-state index contributed by atoms with van der Waals surface area (Å²) >= 11 is 0. The second-order valence-corrected chi connectivity index (χ2v) is 3.24. The van der Waals surface area contributed by atoms with Crippen LogP contribution in [0.1, 0.15) is 31.0 Å². The number of hydrogen-bond acceptors (Lipinski definition) is 1. The predicted octanol–water partition coefficient (Wildman–Crippen LogP) is 1.97. The number of piperidine rings is 1. The molecule has 1 unspecified atom stereocenters. The number of nitrogens with one attached hydrogen (secondary N) is 2. The van der Waals surface area contributed by atoms with Crippen LogP contribution < -0.4 is 5.32 Å². The highest BCUT2D eigenvalue weighted by Gasteiger charge is 2.18. The van der Waals surface area contributed by atoms with E-state index >= 15 is 0 Å². The molecule has 0 aromatic carbocycles. The predicted molar refractivity (Wildman–Crippen MR) is 45.3 cm³/mol. The van der Waals surface area contributed by atoms with Gasteiger partial charge in [0.25, 0.3) is 0 Å². The molecule has 66 valence electrons. The van der Waals surface area contributed by atoms with E-state index in [0.717, 1.165) is 18.7 Å². The van der Waals surface area contributed by atoms with E-state index in [9.17, 15) is 4.39 Å². The van der Waals surface area contributed by atoms with Gasteiger partial charge in [0.05, 0.1) is 11.7 Å². The number of aromatic nitrogens is 1.